The standard InChI is InChI=1S/C48H56N6O7/c1-30-39(26-50-54(30)29-48-23-32-19-33(24-48)21-34(20-32)25-48)37-15-18-53-41(27-49-43(53)42(37)45(56)58-5)51-40-22-36(11-12-38(40)44(55)61-47(2,3)4)60-35-13-16-52(17-14-35)46(57)59-28-31-9-7-6-8-10-31/h6-12,15,18,22,26-27,32-35,51H,13-14,16-17,19-21,23-25,28-29H2,1-5H3. The number of likely N-dealkylation sites (tertiary alicyclic amines) is 1. The van der Waals surface area contributed by atoms with E-state index in [2.05, 4.69) is 16.9 Å². The molecule has 1 aliphatic heterocycles. The van der Waals surface area contributed by atoms with Gasteiger partial charge in [-0.05, 0) is 113 Å². The van der Waals surface area contributed by atoms with E-state index in [9.17, 15) is 14.4 Å². The molecule has 4 aliphatic carbocycles. The van der Waals surface area contributed by atoms with Crippen LogP contribution in [0.15, 0.2) is 73.2 Å². The lowest BCUT2D eigenvalue weighted by Gasteiger charge is -2.56. The lowest BCUT2D eigenvalue weighted by atomic mass is 9.49. The number of amides is 1. The minimum atomic E-state index is -0.726. The number of carbonyl (C=O) groups excluding carboxylic acids is 3. The van der Waals surface area contributed by atoms with Crippen molar-refractivity contribution in [2.75, 3.05) is 25.5 Å². The average Bonchev–Trinajstić information content (AvgIpc) is 3.80. The van der Waals surface area contributed by atoms with E-state index in [1.54, 1.807) is 33.7 Å². The van der Waals surface area contributed by atoms with Crippen LogP contribution in [0.1, 0.15) is 104 Å². The number of nitrogens with zero attached hydrogens (tertiary/aromatic N) is 5. The van der Waals surface area contributed by atoms with Crippen molar-refractivity contribution < 1.29 is 33.3 Å². The molecule has 13 nitrogen and oxygen atoms in total. The van der Waals surface area contributed by atoms with E-state index < -0.39 is 17.5 Å². The molecule has 320 valence electrons. The van der Waals surface area contributed by atoms with Crippen molar-refractivity contribution in [2.45, 2.75) is 104 Å². The molecular weight excluding hydrogens is 773 g/mol. The molecule has 10 rings (SSSR count). The van der Waals surface area contributed by atoms with E-state index in [-0.39, 0.29) is 18.8 Å². The van der Waals surface area contributed by atoms with Crippen molar-refractivity contribution in [3.63, 3.8) is 0 Å². The summed E-state index contributed by atoms with van der Waals surface area (Å²) in [6.07, 6.45) is 14.1. The summed E-state index contributed by atoms with van der Waals surface area (Å²) in [5, 5.41) is 8.31. The first-order valence-corrected chi connectivity index (χ1v) is 21.7. The van der Waals surface area contributed by atoms with Gasteiger partial charge in [0, 0.05) is 61.6 Å². The summed E-state index contributed by atoms with van der Waals surface area (Å²) in [6.45, 7) is 9.67. The largest absolute Gasteiger partial charge is 0.490 e. The maximum atomic E-state index is 13.6. The van der Waals surface area contributed by atoms with Gasteiger partial charge in [-0.15, -0.1) is 0 Å². The van der Waals surface area contributed by atoms with Crippen LogP contribution >= 0.6 is 0 Å². The molecule has 2 aromatic carbocycles. The summed E-state index contributed by atoms with van der Waals surface area (Å²) < 4.78 is 27.1. The average molecular weight is 829 g/mol. The maximum absolute atomic E-state index is 13.6. The van der Waals surface area contributed by atoms with Crippen LogP contribution < -0.4 is 10.1 Å². The van der Waals surface area contributed by atoms with Crippen molar-refractivity contribution in [3.8, 4) is 16.9 Å². The maximum Gasteiger partial charge on any atom is 0.410 e. The van der Waals surface area contributed by atoms with Crippen LogP contribution in [0.2, 0.25) is 0 Å². The smallest absolute Gasteiger partial charge is 0.410 e. The van der Waals surface area contributed by atoms with Gasteiger partial charge in [-0.25, -0.2) is 19.4 Å². The van der Waals surface area contributed by atoms with E-state index in [4.69, 9.17) is 29.0 Å². The van der Waals surface area contributed by atoms with Crippen LogP contribution in [0, 0.1) is 30.1 Å². The van der Waals surface area contributed by atoms with Crippen molar-refractivity contribution in [2.24, 2.45) is 23.2 Å². The molecule has 5 aliphatic rings. The molecular formula is C48H56N6O7. The molecule has 0 radical (unpaired) electrons. The zero-order valence-corrected chi connectivity index (χ0v) is 35.8. The highest BCUT2D eigenvalue weighted by molar-refractivity contribution is 6.04. The number of carbonyl (C=O) groups is 3. The molecule has 0 atom stereocenters. The van der Waals surface area contributed by atoms with E-state index in [0.29, 0.717) is 70.9 Å². The minimum Gasteiger partial charge on any atom is -0.490 e. The van der Waals surface area contributed by atoms with Gasteiger partial charge in [-0.3, -0.25) is 9.08 Å². The van der Waals surface area contributed by atoms with E-state index >= 15 is 0 Å². The normalized spacial score (nSPS) is 22.3. The number of fused-ring (bicyclic) bond motifs is 1. The Morgan fingerprint density at radius 2 is 1.59 bits per heavy atom. The van der Waals surface area contributed by atoms with Crippen molar-refractivity contribution in [1.29, 1.82) is 0 Å². The number of aromatic nitrogens is 4. The molecule has 0 unspecified atom stereocenters. The molecule has 1 amide bonds. The number of nitrogens with one attached hydrogen (secondary N) is 1. The number of hydrogen-bond acceptors (Lipinski definition) is 10. The van der Waals surface area contributed by atoms with Crippen LogP contribution in [0.3, 0.4) is 0 Å². The van der Waals surface area contributed by atoms with Gasteiger partial charge < -0.3 is 29.2 Å². The fraction of sp³-hybridized carbons (Fsp3) is 0.479. The Kier molecular flexibility index (Phi) is 10.8. The predicted octanol–water partition coefficient (Wildman–Crippen LogP) is 9.39. The van der Waals surface area contributed by atoms with Crippen LogP contribution in [-0.4, -0.2) is 74.0 Å². The molecule has 0 spiro atoms. The third-order valence-electron chi connectivity index (χ3n) is 13.2. The number of esters is 2. The highest BCUT2D eigenvalue weighted by atomic mass is 16.6. The monoisotopic (exact) mass is 828 g/mol. The van der Waals surface area contributed by atoms with Gasteiger partial charge in [0.05, 0.1) is 30.8 Å². The SMILES string of the molecule is COC(=O)c1c(-c2cnn(CC34CC5CC(CC(C5)C3)C4)c2C)ccn2c(Nc3cc(OC4CCN(C(=O)OCc5ccccc5)CC4)ccc3C(=O)OC(C)(C)C)cnc12. The molecule has 3 aromatic heterocycles. The molecule has 5 aromatic rings. The number of pyridine rings is 1. The van der Waals surface area contributed by atoms with Gasteiger partial charge in [-0.2, -0.15) is 5.10 Å². The summed E-state index contributed by atoms with van der Waals surface area (Å²) >= 11 is 0. The van der Waals surface area contributed by atoms with Gasteiger partial charge >= 0.3 is 18.0 Å². The number of ether oxygens (including phenoxy) is 4. The molecule has 5 fully saturated rings. The molecule has 4 heterocycles. The van der Waals surface area contributed by atoms with Gasteiger partial charge in [0.1, 0.15) is 35.4 Å². The summed E-state index contributed by atoms with van der Waals surface area (Å²) in [7, 11) is 1.38. The number of benzene rings is 2. The molecule has 4 saturated carbocycles. The lowest BCUT2D eigenvalue weighted by molar-refractivity contribution is -0.0638. The highest BCUT2D eigenvalue weighted by Gasteiger charge is 2.51. The number of imidazole rings is 1. The number of methoxy groups -OCH3 is 1. The summed E-state index contributed by atoms with van der Waals surface area (Å²) in [6, 6.07) is 16.7. The quantitative estimate of drug-likeness (QED) is 0.101. The van der Waals surface area contributed by atoms with Gasteiger partial charge in [-0.1, -0.05) is 30.3 Å². The second kappa shape index (κ2) is 16.2. The van der Waals surface area contributed by atoms with Crippen LogP contribution in [0.25, 0.3) is 16.8 Å². The van der Waals surface area contributed by atoms with Gasteiger partial charge in [0.25, 0.3) is 0 Å². The first-order valence-electron chi connectivity index (χ1n) is 21.7. The summed E-state index contributed by atoms with van der Waals surface area (Å²) in [5.41, 5.74) is 4.59. The Balaban J connectivity index is 0.953. The van der Waals surface area contributed by atoms with Crippen molar-refractivity contribution >= 4 is 35.2 Å². The topological polar surface area (TPSA) is 139 Å². The Labute approximate surface area is 356 Å². The first-order chi connectivity index (χ1) is 29.3. The van der Waals surface area contributed by atoms with E-state index in [1.807, 2.05) is 69.6 Å². The Morgan fingerprint density at radius 3 is 2.26 bits per heavy atom. The molecule has 1 N–H and O–H groups in total. The van der Waals surface area contributed by atoms with Crippen LogP contribution in [0.5, 0.6) is 5.75 Å². The van der Waals surface area contributed by atoms with Crippen molar-refractivity contribution in [1.82, 2.24) is 24.1 Å². The van der Waals surface area contributed by atoms with Gasteiger partial charge in [0.15, 0.2) is 5.65 Å². The first kappa shape index (κ1) is 40.6. The third kappa shape index (κ3) is 8.43. The van der Waals surface area contributed by atoms with Crippen LogP contribution in [0.4, 0.5) is 16.3 Å². The number of hydrogen-bond donors (Lipinski definition) is 1. The fourth-order valence-electron chi connectivity index (χ4n) is 10.8. The zero-order valence-electron chi connectivity index (χ0n) is 35.8. The summed E-state index contributed by atoms with van der Waals surface area (Å²) in [4.78, 5) is 46.5. The molecule has 1 saturated heterocycles. The van der Waals surface area contributed by atoms with Crippen molar-refractivity contribution in [3.05, 3.63) is 95.6 Å². The second-order valence-corrected chi connectivity index (χ2v) is 18.8. The molecule has 61 heavy (non-hydrogen) atoms. The highest BCUT2D eigenvalue weighted by Crippen LogP contribution is 2.60. The van der Waals surface area contributed by atoms with E-state index in [0.717, 1.165) is 41.1 Å². The Morgan fingerprint density at radius 1 is 0.885 bits per heavy atom. The Bertz CT molecular complexity index is 2410. The number of piperidine rings is 1. The zero-order chi connectivity index (χ0) is 42.5. The third-order valence-corrected chi connectivity index (χ3v) is 13.2. The lowest BCUT2D eigenvalue weighted by Crippen LogP contribution is -2.48. The predicted molar refractivity (Wildman–Crippen MR) is 230 cm³/mol. The fourth-order valence-corrected chi connectivity index (χ4v) is 10.8. The van der Waals surface area contributed by atoms with E-state index in [1.165, 1.54) is 45.6 Å². The molecule has 4 bridgehead atoms. The Hall–Kier alpha value is -5.85. The minimum absolute atomic E-state index is 0.157. The van der Waals surface area contributed by atoms with Gasteiger partial charge in [0.2, 0.25) is 0 Å². The van der Waals surface area contributed by atoms with Crippen LogP contribution in [-0.2, 0) is 27.4 Å². The second-order valence-electron chi connectivity index (χ2n) is 18.8. The number of rotatable bonds is 11. The summed E-state index contributed by atoms with van der Waals surface area (Å²) in [5.74, 6) is 2.60. The number of anilines is 2. The molecule has 13 heteroatoms.